The molecule has 0 aromatic heterocycles. The Morgan fingerprint density at radius 2 is 1.88 bits per heavy atom. The van der Waals surface area contributed by atoms with E-state index in [-0.39, 0.29) is 18.1 Å². The van der Waals surface area contributed by atoms with Crippen molar-refractivity contribution in [1.29, 1.82) is 0 Å². The summed E-state index contributed by atoms with van der Waals surface area (Å²) >= 11 is 3.98. The van der Waals surface area contributed by atoms with Crippen LogP contribution < -0.4 is 10.1 Å². The molecule has 1 atom stereocenters. The predicted octanol–water partition coefficient (Wildman–Crippen LogP) is 2.52. The van der Waals surface area contributed by atoms with E-state index in [9.17, 15) is 9.59 Å². The fraction of sp³-hybridized carbons (Fsp3) is 0.222. The molecule has 0 fully saturated rings. The van der Waals surface area contributed by atoms with Gasteiger partial charge in [0.1, 0.15) is 11.8 Å². The molecule has 0 aliphatic heterocycles. The summed E-state index contributed by atoms with van der Waals surface area (Å²) in [5.41, 5.74) is 2.07. The summed E-state index contributed by atoms with van der Waals surface area (Å²) in [6, 6.07) is 14.0. The first-order valence-corrected chi connectivity index (χ1v) is 8.04. The van der Waals surface area contributed by atoms with Crippen LogP contribution in [0.3, 0.4) is 0 Å². The molecular weight excluding hydrogens is 326 g/mol. The number of methoxy groups -OCH3 is 1. The molecule has 0 bridgehead atoms. The van der Waals surface area contributed by atoms with Gasteiger partial charge in [-0.05, 0) is 17.2 Å². The summed E-state index contributed by atoms with van der Waals surface area (Å²) in [6.45, 7) is -0.113. The number of Topliss-reactive ketones (excluding diaryl/α,β-unsaturated/α-hetero) is 1. The van der Waals surface area contributed by atoms with Gasteiger partial charge in [0.15, 0.2) is 5.78 Å². The van der Waals surface area contributed by atoms with Gasteiger partial charge in [0.05, 0.1) is 19.2 Å². The van der Waals surface area contributed by atoms with Gasteiger partial charge in [-0.1, -0.05) is 42.5 Å². The smallest absolute Gasteiger partial charge is 0.321 e. The van der Waals surface area contributed by atoms with Crippen LogP contribution in [0.4, 0.5) is 0 Å². The van der Waals surface area contributed by atoms with Crippen molar-refractivity contribution in [2.75, 3.05) is 19.4 Å². The third-order valence-corrected chi connectivity index (χ3v) is 3.96. The average Bonchev–Trinajstić information content (AvgIpc) is 2.61. The van der Waals surface area contributed by atoms with E-state index < -0.39 is 12.0 Å². The zero-order valence-electron chi connectivity index (χ0n) is 13.2. The van der Waals surface area contributed by atoms with Crippen molar-refractivity contribution in [2.24, 2.45) is 0 Å². The first kappa shape index (κ1) is 18.0. The lowest BCUT2D eigenvalue weighted by Crippen LogP contribution is -2.41. The number of thiol groups is 1. The molecule has 2 aromatic carbocycles. The largest absolute Gasteiger partial charge is 0.496 e. The lowest BCUT2D eigenvalue weighted by molar-refractivity contribution is -0.138. The molecule has 0 saturated carbocycles. The van der Waals surface area contributed by atoms with E-state index in [1.54, 1.807) is 6.07 Å². The van der Waals surface area contributed by atoms with Crippen molar-refractivity contribution in [3.05, 3.63) is 54.1 Å². The van der Waals surface area contributed by atoms with Gasteiger partial charge < -0.3 is 9.84 Å². The van der Waals surface area contributed by atoms with Crippen LogP contribution in [0.5, 0.6) is 5.75 Å². The van der Waals surface area contributed by atoms with E-state index in [1.165, 1.54) is 7.11 Å². The highest BCUT2D eigenvalue weighted by Gasteiger charge is 2.21. The summed E-state index contributed by atoms with van der Waals surface area (Å²) in [5.74, 6) is -0.721. The minimum absolute atomic E-state index is 0.0973. The molecule has 2 aromatic rings. The van der Waals surface area contributed by atoms with Crippen LogP contribution >= 0.6 is 12.6 Å². The van der Waals surface area contributed by atoms with Crippen molar-refractivity contribution < 1.29 is 19.4 Å². The Bertz CT molecular complexity index is 718. The molecule has 0 heterocycles. The van der Waals surface area contributed by atoms with E-state index in [0.29, 0.717) is 11.3 Å². The van der Waals surface area contributed by atoms with E-state index in [4.69, 9.17) is 9.84 Å². The minimum Gasteiger partial charge on any atom is -0.496 e. The number of rotatable bonds is 8. The second-order valence-electron chi connectivity index (χ2n) is 5.13. The zero-order chi connectivity index (χ0) is 17.5. The molecule has 0 spiro atoms. The number of carbonyl (C=O) groups is 2. The van der Waals surface area contributed by atoms with Crippen LogP contribution in [0, 0.1) is 0 Å². The van der Waals surface area contributed by atoms with Gasteiger partial charge in [0.25, 0.3) is 0 Å². The number of carboxylic acids is 1. The molecule has 1 unspecified atom stereocenters. The third kappa shape index (κ3) is 4.15. The topological polar surface area (TPSA) is 75.6 Å². The molecule has 0 saturated heterocycles. The minimum atomic E-state index is -1.04. The Morgan fingerprint density at radius 3 is 2.46 bits per heavy atom. The number of carbonyl (C=O) groups excluding carboxylic acids is 1. The first-order valence-electron chi connectivity index (χ1n) is 7.41. The Labute approximate surface area is 146 Å². The summed E-state index contributed by atoms with van der Waals surface area (Å²) < 4.78 is 5.33. The van der Waals surface area contributed by atoms with Gasteiger partial charge in [-0.25, -0.2) is 0 Å². The highest BCUT2D eigenvalue weighted by molar-refractivity contribution is 7.80. The highest BCUT2D eigenvalue weighted by atomic mass is 32.1. The van der Waals surface area contributed by atoms with Gasteiger partial charge in [-0.2, -0.15) is 12.6 Å². The van der Waals surface area contributed by atoms with Crippen molar-refractivity contribution in [1.82, 2.24) is 5.32 Å². The zero-order valence-corrected chi connectivity index (χ0v) is 14.1. The van der Waals surface area contributed by atoms with Crippen LogP contribution in [0.15, 0.2) is 48.5 Å². The number of hydrogen-bond acceptors (Lipinski definition) is 5. The number of hydrogen-bond donors (Lipinski definition) is 3. The summed E-state index contributed by atoms with van der Waals surface area (Å²) in [5, 5.41) is 11.8. The van der Waals surface area contributed by atoms with Crippen LogP contribution in [-0.2, 0) is 4.79 Å². The summed E-state index contributed by atoms with van der Waals surface area (Å²) in [6.07, 6.45) is 0. The average molecular weight is 345 g/mol. The molecule has 2 rings (SSSR count). The van der Waals surface area contributed by atoms with Crippen LogP contribution in [0.25, 0.3) is 11.1 Å². The molecule has 5 nitrogen and oxygen atoms in total. The molecule has 0 amide bonds. The van der Waals surface area contributed by atoms with Gasteiger partial charge >= 0.3 is 5.97 Å². The molecule has 2 N–H and O–H groups in total. The van der Waals surface area contributed by atoms with Gasteiger partial charge in [0.2, 0.25) is 0 Å². The Kier molecular flexibility index (Phi) is 6.40. The molecule has 0 aliphatic rings. The molecule has 0 aliphatic carbocycles. The van der Waals surface area contributed by atoms with Gasteiger partial charge in [0, 0.05) is 5.75 Å². The van der Waals surface area contributed by atoms with E-state index in [1.807, 2.05) is 42.5 Å². The Morgan fingerprint density at radius 1 is 1.17 bits per heavy atom. The van der Waals surface area contributed by atoms with Crippen LogP contribution in [-0.4, -0.2) is 42.3 Å². The first-order chi connectivity index (χ1) is 11.6. The quantitative estimate of drug-likeness (QED) is 0.506. The van der Waals surface area contributed by atoms with Crippen molar-refractivity contribution >= 4 is 24.4 Å². The molecule has 126 valence electrons. The SMILES string of the molecule is COc1cccc(-c2ccccc2)c1C(=O)CNC(CS)C(=O)O. The molecule has 24 heavy (non-hydrogen) atoms. The number of aliphatic carboxylic acids is 1. The lowest BCUT2D eigenvalue weighted by Gasteiger charge is -2.15. The van der Waals surface area contributed by atoms with E-state index in [0.717, 1.165) is 11.1 Å². The lowest BCUT2D eigenvalue weighted by atomic mass is 9.96. The molecular formula is C18H19NO4S. The van der Waals surface area contributed by atoms with E-state index >= 15 is 0 Å². The normalized spacial score (nSPS) is 11.8. The Hall–Kier alpha value is -2.31. The van der Waals surface area contributed by atoms with Crippen LogP contribution in [0.2, 0.25) is 0 Å². The maximum Gasteiger partial charge on any atom is 0.321 e. The number of ether oxygens (including phenoxy) is 1. The van der Waals surface area contributed by atoms with Crippen molar-refractivity contribution in [3.8, 4) is 16.9 Å². The summed E-state index contributed by atoms with van der Waals surface area (Å²) in [7, 11) is 1.50. The van der Waals surface area contributed by atoms with Crippen molar-refractivity contribution in [3.63, 3.8) is 0 Å². The highest BCUT2D eigenvalue weighted by Crippen LogP contribution is 2.30. The van der Waals surface area contributed by atoms with Crippen molar-refractivity contribution in [2.45, 2.75) is 6.04 Å². The van der Waals surface area contributed by atoms with E-state index in [2.05, 4.69) is 17.9 Å². The summed E-state index contributed by atoms with van der Waals surface area (Å²) in [4.78, 5) is 23.7. The fourth-order valence-corrected chi connectivity index (χ4v) is 2.67. The maximum atomic E-state index is 12.7. The number of benzene rings is 2. The monoisotopic (exact) mass is 345 g/mol. The number of nitrogens with one attached hydrogen (secondary N) is 1. The second kappa shape index (κ2) is 8.52. The third-order valence-electron chi connectivity index (χ3n) is 3.60. The van der Waals surface area contributed by atoms with Gasteiger partial charge in [-0.3, -0.25) is 14.9 Å². The molecule has 6 heteroatoms. The number of carboxylic acid groups (broad SMARTS) is 1. The fourth-order valence-electron chi connectivity index (χ4n) is 2.38. The maximum absolute atomic E-state index is 12.7. The predicted molar refractivity (Wildman–Crippen MR) is 96.0 cm³/mol. The van der Waals surface area contributed by atoms with Crippen LogP contribution in [0.1, 0.15) is 10.4 Å². The second-order valence-corrected chi connectivity index (χ2v) is 5.49. The Balaban J connectivity index is 2.34. The van der Waals surface area contributed by atoms with Gasteiger partial charge in [-0.15, -0.1) is 0 Å². The number of ketones is 1. The standard InChI is InChI=1S/C18H19NO4S/c1-23-16-9-5-8-13(12-6-3-2-4-7-12)17(16)15(20)10-19-14(11-24)18(21)22/h2-9,14,19,24H,10-11H2,1H3,(H,21,22). The molecule has 0 radical (unpaired) electrons.